The lowest BCUT2D eigenvalue weighted by Crippen LogP contribution is -2.32. The van der Waals surface area contributed by atoms with Crippen molar-refractivity contribution in [1.29, 1.82) is 0 Å². The number of rotatable bonds is 5. The molecule has 6 heteroatoms. The molecule has 2 heterocycles. The van der Waals surface area contributed by atoms with Crippen molar-refractivity contribution in [2.75, 3.05) is 5.32 Å². The van der Waals surface area contributed by atoms with Crippen LogP contribution < -0.4 is 16.2 Å². The maximum Gasteiger partial charge on any atom is 0.253 e. The van der Waals surface area contributed by atoms with Gasteiger partial charge in [-0.1, -0.05) is 18.2 Å². The monoisotopic (exact) mass is 353 g/mol. The smallest absolute Gasteiger partial charge is 0.253 e. The number of hydrogen-bond acceptors (Lipinski definition) is 3. The molecule has 1 aromatic heterocycles. The molecule has 0 saturated carbocycles. The van der Waals surface area contributed by atoms with E-state index in [1.54, 1.807) is 0 Å². The normalized spacial score (nSPS) is 15.9. The summed E-state index contributed by atoms with van der Waals surface area (Å²) in [5, 5.41) is 5.68. The molecule has 0 fully saturated rings. The molecule has 0 spiro atoms. The zero-order valence-electron chi connectivity index (χ0n) is 15.0. The fraction of sp³-hybridized carbons (Fsp3) is 0.350. The predicted molar refractivity (Wildman–Crippen MR) is 99.9 cm³/mol. The number of carbonyl (C=O) groups excluding carboxylic acids is 2. The fourth-order valence-electron chi connectivity index (χ4n) is 3.33. The molecule has 2 aromatic rings. The zero-order valence-corrected chi connectivity index (χ0v) is 15.0. The Morgan fingerprint density at radius 3 is 2.77 bits per heavy atom. The molecular weight excluding hydrogens is 330 g/mol. The molecule has 0 bridgehead atoms. The summed E-state index contributed by atoms with van der Waals surface area (Å²) in [6, 6.07) is 9.60. The molecular formula is C20H23N3O3. The summed E-state index contributed by atoms with van der Waals surface area (Å²) in [7, 11) is 0. The maximum atomic E-state index is 12.2. The predicted octanol–water partition coefficient (Wildman–Crippen LogP) is 2.20. The summed E-state index contributed by atoms with van der Waals surface area (Å²) in [5.74, 6) is -0.404. The van der Waals surface area contributed by atoms with Gasteiger partial charge in [0.15, 0.2) is 0 Å². The highest BCUT2D eigenvalue weighted by atomic mass is 16.2. The summed E-state index contributed by atoms with van der Waals surface area (Å²) in [6.07, 6.45) is 1.38. The third kappa shape index (κ3) is 4.02. The molecule has 2 amide bonds. The molecule has 0 radical (unpaired) electrons. The highest BCUT2D eigenvalue weighted by molar-refractivity contribution is 5.96. The number of anilines is 1. The first-order chi connectivity index (χ1) is 12.4. The van der Waals surface area contributed by atoms with Crippen molar-refractivity contribution in [1.82, 2.24) is 10.3 Å². The van der Waals surface area contributed by atoms with Crippen LogP contribution in [0.3, 0.4) is 0 Å². The highest BCUT2D eigenvalue weighted by Crippen LogP contribution is 2.27. The van der Waals surface area contributed by atoms with Crippen molar-refractivity contribution >= 4 is 17.5 Å². The third-order valence-electron chi connectivity index (χ3n) is 4.79. The Morgan fingerprint density at radius 1 is 1.23 bits per heavy atom. The van der Waals surface area contributed by atoms with Crippen LogP contribution in [0.4, 0.5) is 5.69 Å². The van der Waals surface area contributed by atoms with Gasteiger partial charge in [-0.25, -0.2) is 0 Å². The second kappa shape index (κ2) is 7.56. The third-order valence-corrected chi connectivity index (χ3v) is 4.79. The lowest BCUT2D eigenvalue weighted by atomic mass is 9.89. The van der Waals surface area contributed by atoms with Gasteiger partial charge in [0.05, 0.1) is 0 Å². The Hall–Kier alpha value is -2.89. The minimum absolute atomic E-state index is 0.0395. The number of para-hydroxylation sites is 1. The van der Waals surface area contributed by atoms with Gasteiger partial charge >= 0.3 is 0 Å². The van der Waals surface area contributed by atoms with E-state index in [-0.39, 0.29) is 36.3 Å². The quantitative estimate of drug-likeness (QED) is 0.769. The Balaban J connectivity index is 1.54. The van der Waals surface area contributed by atoms with Gasteiger partial charge < -0.3 is 15.6 Å². The summed E-state index contributed by atoms with van der Waals surface area (Å²) >= 11 is 0. The number of hydrogen-bond donors (Lipinski definition) is 3. The van der Waals surface area contributed by atoms with Gasteiger partial charge in [0.25, 0.3) is 5.56 Å². The second-order valence-corrected chi connectivity index (χ2v) is 6.81. The van der Waals surface area contributed by atoms with E-state index in [1.165, 1.54) is 0 Å². The van der Waals surface area contributed by atoms with Gasteiger partial charge in [-0.3, -0.25) is 14.4 Å². The first kappa shape index (κ1) is 17.9. The van der Waals surface area contributed by atoms with E-state index in [0.29, 0.717) is 18.4 Å². The molecule has 0 unspecified atom stereocenters. The Labute approximate surface area is 152 Å². The van der Waals surface area contributed by atoms with Gasteiger partial charge in [-0.2, -0.15) is 0 Å². The van der Waals surface area contributed by atoms with E-state index in [4.69, 9.17) is 0 Å². The number of H-pyrrole nitrogens is 1. The first-order valence-electron chi connectivity index (χ1n) is 8.79. The number of aromatic amines is 1. The van der Waals surface area contributed by atoms with Gasteiger partial charge in [-0.15, -0.1) is 0 Å². The Morgan fingerprint density at radius 2 is 2.00 bits per heavy atom. The van der Waals surface area contributed by atoms with Crippen molar-refractivity contribution in [2.45, 2.75) is 39.7 Å². The van der Waals surface area contributed by atoms with E-state index in [2.05, 4.69) is 15.6 Å². The summed E-state index contributed by atoms with van der Waals surface area (Å²) in [6.45, 7) is 3.87. The number of pyridine rings is 1. The summed E-state index contributed by atoms with van der Waals surface area (Å²) < 4.78 is 0. The van der Waals surface area contributed by atoms with Crippen molar-refractivity contribution < 1.29 is 9.59 Å². The zero-order chi connectivity index (χ0) is 18.7. The van der Waals surface area contributed by atoms with Gasteiger partial charge in [0.2, 0.25) is 11.8 Å². The van der Waals surface area contributed by atoms with E-state index < -0.39 is 0 Å². The van der Waals surface area contributed by atoms with Crippen LogP contribution in [0.2, 0.25) is 0 Å². The SMILES string of the molecule is Cc1cc(C)c(CNC(=O)CC[C@H]2Cc3ccccc3NC2=O)c(=O)[nH]1. The average Bonchev–Trinajstić information content (AvgIpc) is 2.59. The fourth-order valence-corrected chi connectivity index (χ4v) is 3.33. The molecule has 1 aliphatic rings. The van der Waals surface area contributed by atoms with Crippen LogP contribution in [-0.2, 0) is 22.6 Å². The van der Waals surface area contributed by atoms with Gasteiger partial charge in [0, 0.05) is 35.8 Å². The lowest BCUT2D eigenvalue weighted by Gasteiger charge is -2.24. The molecule has 6 nitrogen and oxygen atoms in total. The van der Waals surface area contributed by atoms with Crippen molar-refractivity contribution in [3.05, 3.63) is 63.1 Å². The standard InChI is InChI=1S/C20H23N3O3/c1-12-9-13(2)22-20(26)16(12)11-21-18(24)8-7-15-10-14-5-3-4-6-17(14)23-19(15)25/h3-6,9,15H,7-8,10-11H2,1-2H3,(H,21,24)(H,22,26)(H,23,25)/t15-/m0/s1. The lowest BCUT2D eigenvalue weighted by molar-refractivity contribution is -0.122. The van der Waals surface area contributed by atoms with Crippen molar-refractivity contribution in [2.24, 2.45) is 5.92 Å². The van der Waals surface area contributed by atoms with Crippen LogP contribution in [-0.4, -0.2) is 16.8 Å². The van der Waals surface area contributed by atoms with Crippen molar-refractivity contribution in [3.8, 4) is 0 Å². The molecule has 1 aromatic carbocycles. The van der Waals surface area contributed by atoms with Crippen LogP contribution in [0.15, 0.2) is 35.1 Å². The second-order valence-electron chi connectivity index (χ2n) is 6.81. The molecule has 1 atom stereocenters. The van der Waals surface area contributed by atoms with E-state index in [0.717, 1.165) is 22.5 Å². The van der Waals surface area contributed by atoms with Crippen LogP contribution in [0.1, 0.15) is 35.2 Å². The molecule has 3 rings (SSSR count). The van der Waals surface area contributed by atoms with Crippen LogP contribution in [0, 0.1) is 19.8 Å². The Bertz CT molecular complexity index is 901. The number of nitrogens with one attached hydrogen (secondary N) is 3. The number of fused-ring (bicyclic) bond motifs is 1. The molecule has 0 saturated heterocycles. The number of aromatic nitrogens is 1. The molecule has 26 heavy (non-hydrogen) atoms. The molecule has 1 aliphatic heterocycles. The van der Waals surface area contributed by atoms with E-state index >= 15 is 0 Å². The highest BCUT2D eigenvalue weighted by Gasteiger charge is 2.26. The molecule has 0 aliphatic carbocycles. The van der Waals surface area contributed by atoms with E-state index in [9.17, 15) is 14.4 Å². The van der Waals surface area contributed by atoms with Crippen LogP contribution in [0.5, 0.6) is 0 Å². The van der Waals surface area contributed by atoms with E-state index in [1.807, 2.05) is 44.2 Å². The number of benzene rings is 1. The topological polar surface area (TPSA) is 91.1 Å². The average molecular weight is 353 g/mol. The largest absolute Gasteiger partial charge is 0.352 e. The van der Waals surface area contributed by atoms with Crippen LogP contribution in [0.25, 0.3) is 0 Å². The summed E-state index contributed by atoms with van der Waals surface area (Å²) in [5.41, 5.74) is 3.99. The number of carbonyl (C=O) groups is 2. The number of aryl methyl sites for hydroxylation is 2. The minimum atomic E-state index is -0.208. The molecule has 136 valence electrons. The van der Waals surface area contributed by atoms with Crippen LogP contribution >= 0.6 is 0 Å². The molecule has 3 N–H and O–H groups in total. The maximum absolute atomic E-state index is 12.2. The van der Waals surface area contributed by atoms with Gasteiger partial charge in [-0.05, 0) is 49.9 Å². The van der Waals surface area contributed by atoms with Crippen molar-refractivity contribution in [3.63, 3.8) is 0 Å². The number of amides is 2. The van der Waals surface area contributed by atoms with Gasteiger partial charge in [0.1, 0.15) is 0 Å². The Kier molecular flexibility index (Phi) is 5.21. The summed E-state index contributed by atoms with van der Waals surface area (Å²) in [4.78, 5) is 39.0. The minimum Gasteiger partial charge on any atom is -0.352 e. The first-order valence-corrected chi connectivity index (χ1v) is 8.79.